The number of carboxylic acids is 1. The van der Waals surface area contributed by atoms with E-state index < -0.39 is 11.5 Å². The highest BCUT2D eigenvalue weighted by atomic mass is 16.4. The van der Waals surface area contributed by atoms with Gasteiger partial charge >= 0.3 is 5.97 Å². The summed E-state index contributed by atoms with van der Waals surface area (Å²) in [4.78, 5) is 10.1. The quantitative estimate of drug-likeness (QED) is 0.541. The molecule has 3 nitrogen and oxygen atoms in total. The van der Waals surface area contributed by atoms with E-state index in [2.05, 4.69) is 0 Å². The molecule has 0 rings (SSSR count). The summed E-state index contributed by atoms with van der Waals surface area (Å²) in [6.07, 6.45) is 0.461. The van der Waals surface area contributed by atoms with E-state index in [4.69, 9.17) is 10.8 Å². The van der Waals surface area contributed by atoms with E-state index in [0.29, 0.717) is 6.42 Å². The minimum Gasteiger partial charge on any atom is -0.480 e. The topological polar surface area (TPSA) is 63.3 Å². The predicted octanol–water partition coefficient (Wildman–Crippen LogP) is 0.198. The molecule has 0 aromatic rings. The number of aliphatic carboxylic acids is 1. The average Bonchev–Trinajstić information content (AvgIpc) is 1.67. The highest BCUT2D eigenvalue weighted by Crippen LogP contribution is 2.02. The van der Waals surface area contributed by atoms with Crippen LogP contribution in [0.4, 0.5) is 0 Å². The maximum absolute atomic E-state index is 10.1. The van der Waals surface area contributed by atoms with Gasteiger partial charge < -0.3 is 10.8 Å². The normalized spacial score (nSPS) is 17.4. The lowest BCUT2D eigenvalue weighted by atomic mass is 9.83. The molecule has 0 aromatic carbocycles. The Morgan fingerprint density at radius 2 is 2.25 bits per heavy atom. The predicted molar refractivity (Wildman–Crippen MR) is 30.5 cm³/mol. The Kier molecular flexibility index (Phi) is 1.98. The molecule has 3 N–H and O–H groups in total. The second kappa shape index (κ2) is 2.13. The van der Waals surface area contributed by atoms with Gasteiger partial charge in [-0.2, -0.15) is 0 Å². The van der Waals surface area contributed by atoms with E-state index in [1.165, 1.54) is 6.92 Å². The van der Waals surface area contributed by atoms with Gasteiger partial charge in [0.05, 0.1) is 0 Å². The van der Waals surface area contributed by atoms with Crippen molar-refractivity contribution in [2.24, 2.45) is 5.73 Å². The first-order valence-corrected chi connectivity index (χ1v) is 2.53. The summed E-state index contributed by atoms with van der Waals surface area (Å²) in [6.45, 7) is 3.24. The van der Waals surface area contributed by atoms with Crippen LogP contribution in [-0.4, -0.2) is 16.6 Å². The van der Waals surface area contributed by atoms with Crippen molar-refractivity contribution in [3.63, 3.8) is 0 Å². The number of nitrogens with two attached hydrogens (primary N) is 1. The molecule has 0 radical (unpaired) electrons. The summed E-state index contributed by atoms with van der Waals surface area (Å²) in [5, 5.41) is 8.32. The molecule has 1 atom stereocenters. The summed E-state index contributed by atoms with van der Waals surface area (Å²) in [6, 6.07) is 0. The van der Waals surface area contributed by atoms with Crippen molar-refractivity contribution in [3.05, 3.63) is 0 Å². The second-order valence-electron chi connectivity index (χ2n) is 2.08. The van der Waals surface area contributed by atoms with Crippen LogP contribution in [0.5, 0.6) is 0 Å². The first-order valence-electron chi connectivity index (χ1n) is 2.53. The summed E-state index contributed by atoms with van der Waals surface area (Å²) in [5.41, 5.74) is 4.22. The van der Waals surface area contributed by atoms with Gasteiger partial charge in [0, 0.05) is 0 Å². The van der Waals surface area contributed by atoms with Gasteiger partial charge in [-0.25, -0.2) is 0 Å². The molecule has 0 saturated carbocycles. The van der Waals surface area contributed by atoms with Gasteiger partial charge in [-0.15, -0.1) is 0 Å². The number of hydrogen-bond acceptors (Lipinski definition) is 2. The molecular formula is C5H11NO2. The van der Waals surface area contributed by atoms with E-state index in [0.717, 1.165) is 0 Å². The lowest BCUT2D eigenvalue weighted by molar-refractivity contribution is -0.142. The first kappa shape index (κ1) is 7.43. The van der Waals surface area contributed by atoms with Crippen LogP contribution in [0.3, 0.4) is 0 Å². The van der Waals surface area contributed by atoms with Crippen LogP contribution in [0.25, 0.3) is 0 Å². The van der Waals surface area contributed by atoms with E-state index in [-0.39, 0.29) is 0 Å². The van der Waals surface area contributed by atoms with Crippen LogP contribution in [0.15, 0.2) is 0 Å². The Hall–Kier alpha value is -0.570. The number of carbonyl (C=O) groups is 1. The molecule has 0 spiro atoms. The van der Waals surface area contributed by atoms with Gasteiger partial charge in [0.2, 0.25) is 0 Å². The van der Waals surface area contributed by atoms with Crippen molar-refractivity contribution in [2.75, 3.05) is 0 Å². The fraction of sp³-hybridized carbons (Fsp3) is 0.800. The Morgan fingerprint density at radius 1 is 1.88 bits per heavy atom. The molecule has 0 aromatic heterocycles. The smallest absolute Gasteiger partial charge is 0.323 e. The van der Waals surface area contributed by atoms with Crippen molar-refractivity contribution >= 4 is 5.97 Å². The Bertz CT molecular complexity index is 98.6. The summed E-state index contributed by atoms with van der Waals surface area (Å²) in [5.74, 6) is -0.944. The second-order valence-corrected chi connectivity index (χ2v) is 2.08. The molecule has 0 saturated heterocycles. The molecule has 1 unspecified atom stereocenters. The summed E-state index contributed by atoms with van der Waals surface area (Å²) in [7, 11) is 0. The fourth-order valence-electron chi connectivity index (χ4n) is 0.151. The van der Waals surface area contributed by atoms with E-state index in [9.17, 15) is 4.79 Å². The molecule has 48 valence electrons. The molecule has 0 aliphatic heterocycles. The van der Waals surface area contributed by atoms with Gasteiger partial charge in [0.15, 0.2) is 0 Å². The molecule has 3 heteroatoms. The van der Waals surface area contributed by atoms with Crippen LogP contribution in [0, 0.1) is 0 Å². The highest BCUT2D eigenvalue weighted by molar-refractivity contribution is 5.77. The molecule has 0 bridgehead atoms. The van der Waals surface area contributed by atoms with Crippen molar-refractivity contribution in [2.45, 2.75) is 25.8 Å². The van der Waals surface area contributed by atoms with Gasteiger partial charge in [0.1, 0.15) is 5.54 Å². The first-order chi connectivity index (χ1) is 3.50. The maximum atomic E-state index is 10.1. The average molecular weight is 116 g/mol. The van der Waals surface area contributed by atoms with Crippen molar-refractivity contribution in [1.82, 2.24) is 0 Å². The van der Waals surface area contributed by atoms with Crippen LogP contribution in [0.1, 0.15) is 20.3 Å². The number of rotatable bonds is 2. The SMILES string of the molecule is CCC([11CH3])(N)C(=O)O. The summed E-state index contributed by atoms with van der Waals surface area (Å²) < 4.78 is 0. The minimum atomic E-state index is -1.04. The molecule has 0 aliphatic carbocycles. The molecule has 0 amide bonds. The van der Waals surface area contributed by atoms with Crippen LogP contribution < -0.4 is 5.73 Å². The Morgan fingerprint density at radius 3 is 2.25 bits per heavy atom. The maximum Gasteiger partial charge on any atom is 0.323 e. The highest BCUT2D eigenvalue weighted by Gasteiger charge is 2.24. The van der Waals surface area contributed by atoms with Crippen molar-refractivity contribution < 1.29 is 9.90 Å². The fourth-order valence-corrected chi connectivity index (χ4v) is 0.151. The zero-order valence-electron chi connectivity index (χ0n) is 5.14. The summed E-state index contributed by atoms with van der Waals surface area (Å²) >= 11 is 0. The Balaban J connectivity index is 3.91. The third-order valence-corrected chi connectivity index (χ3v) is 1.22. The Labute approximate surface area is 48.5 Å². The standard InChI is InChI=1S/C5H11NO2/c1-3-5(2,6)4(7)8/h3,6H2,1-2H3,(H,7,8)/i2-1. The number of hydrogen-bond donors (Lipinski definition) is 2. The number of carboxylic acid groups (broad SMARTS) is 1. The van der Waals surface area contributed by atoms with Gasteiger partial charge in [-0.3, -0.25) is 4.79 Å². The van der Waals surface area contributed by atoms with E-state index in [1.54, 1.807) is 6.92 Å². The van der Waals surface area contributed by atoms with Crippen molar-refractivity contribution in [3.8, 4) is 0 Å². The third kappa shape index (κ3) is 1.50. The van der Waals surface area contributed by atoms with Crippen molar-refractivity contribution in [1.29, 1.82) is 0 Å². The minimum absolute atomic E-state index is 0.461. The monoisotopic (exact) mass is 116 g/mol. The lowest BCUT2D eigenvalue weighted by Crippen LogP contribution is -2.43. The van der Waals surface area contributed by atoms with E-state index in [1.807, 2.05) is 0 Å². The van der Waals surface area contributed by atoms with Crippen LogP contribution in [0.2, 0.25) is 0 Å². The molecule has 8 heavy (non-hydrogen) atoms. The molecule has 0 heterocycles. The largest absolute Gasteiger partial charge is 0.480 e. The lowest BCUT2D eigenvalue weighted by Gasteiger charge is -2.14. The van der Waals surface area contributed by atoms with Gasteiger partial charge in [0.25, 0.3) is 0 Å². The molecular weight excluding hydrogens is 105 g/mol. The zero-order chi connectivity index (χ0) is 6.78. The molecule has 0 aliphatic rings. The van der Waals surface area contributed by atoms with Crippen LogP contribution in [-0.2, 0) is 4.79 Å². The van der Waals surface area contributed by atoms with Gasteiger partial charge in [-0.05, 0) is 13.3 Å². The zero-order valence-corrected chi connectivity index (χ0v) is 5.14. The third-order valence-electron chi connectivity index (χ3n) is 1.22. The molecule has 0 fully saturated rings. The van der Waals surface area contributed by atoms with Crippen LogP contribution >= 0.6 is 0 Å². The van der Waals surface area contributed by atoms with E-state index >= 15 is 0 Å². The van der Waals surface area contributed by atoms with Gasteiger partial charge in [-0.1, -0.05) is 6.92 Å².